The molecule has 3 nitrogen and oxygen atoms in total. The van der Waals surface area contributed by atoms with Crippen LogP contribution in [0.4, 0.5) is 0 Å². The van der Waals surface area contributed by atoms with Crippen LogP contribution >= 0.6 is 0 Å². The molecule has 0 radical (unpaired) electrons. The minimum Gasteiger partial charge on any atom is -0.463 e. The van der Waals surface area contributed by atoms with Crippen LogP contribution in [0.15, 0.2) is 16.5 Å². The van der Waals surface area contributed by atoms with Gasteiger partial charge in [-0.15, -0.1) is 0 Å². The third kappa shape index (κ3) is 2.47. The van der Waals surface area contributed by atoms with Crippen LogP contribution in [0.3, 0.4) is 0 Å². The van der Waals surface area contributed by atoms with E-state index in [1.54, 1.807) is 0 Å². The van der Waals surface area contributed by atoms with E-state index in [-0.39, 0.29) is 5.41 Å². The van der Waals surface area contributed by atoms with Gasteiger partial charge in [0.05, 0.1) is 0 Å². The highest BCUT2D eigenvalue weighted by molar-refractivity contribution is 5.13. The Morgan fingerprint density at radius 3 is 2.61 bits per heavy atom. The summed E-state index contributed by atoms with van der Waals surface area (Å²) in [6.45, 7) is 4.86. The van der Waals surface area contributed by atoms with Crippen LogP contribution in [0.2, 0.25) is 0 Å². The number of nitrogens with two attached hydrogens (primary N) is 1. The second-order valence-electron chi connectivity index (χ2n) is 5.81. The Bertz CT molecular complexity index is 378. The van der Waals surface area contributed by atoms with Crippen molar-refractivity contribution >= 4 is 0 Å². The quantitative estimate of drug-likeness (QED) is 0.864. The molecule has 3 heteroatoms. The van der Waals surface area contributed by atoms with Gasteiger partial charge in [0.25, 0.3) is 0 Å². The van der Waals surface area contributed by atoms with Crippen molar-refractivity contribution in [2.24, 2.45) is 17.1 Å². The number of hydrogen-bond donors (Lipinski definition) is 2. The Hall–Kier alpha value is -0.800. The SMILES string of the molecule is CCc1ccc(C(O)C2(CN)CCC(C)CC2)o1. The van der Waals surface area contributed by atoms with E-state index < -0.39 is 6.10 Å². The number of aliphatic hydroxyl groups is 1. The summed E-state index contributed by atoms with van der Waals surface area (Å²) in [7, 11) is 0. The Morgan fingerprint density at radius 1 is 1.44 bits per heavy atom. The van der Waals surface area contributed by atoms with Crippen LogP contribution in [0, 0.1) is 11.3 Å². The zero-order valence-corrected chi connectivity index (χ0v) is 11.5. The Kier molecular flexibility index (Phi) is 4.13. The van der Waals surface area contributed by atoms with Crippen molar-refractivity contribution in [3.05, 3.63) is 23.7 Å². The van der Waals surface area contributed by atoms with Crippen molar-refractivity contribution in [1.82, 2.24) is 0 Å². The first-order valence-corrected chi connectivity index (χ1v) is 7.08. The summed E-state index contributed by atoms with van der Waals surface area (Å²) in [6.07, 6.45) is 4.59. The molecule has 1 aliphatic carbocycles. The van der Waals surface area contributed by atoms with E-state index in [0.29, 0.717) is 12.3 Å². The van der Waals surface area contributed by atoms with Gasteiger partial charge in [0.1, 0.15) is 17.6 Å². The smallest absolute Gasteiger partial charge is 0.133 e. The second kappa shape index (κ2) is 5.45. The minimum absolute atomic E-state index is 0.185. The minimum atomic E-state index is -0.560. The molecule has 0 spiro atoms. The molecule has 1 aromatic rings. The molecule has 2 rings (SSSR count). The molecule has 1 saturated carbocycles. The fraction of sp³-hybridized carbons (Fsp3) is 0.733. The van der Waals surface area contributed by atoms with Crippen molar-refractivity contribution in [2.45, 2.75) is 52.1 Å². The highest BCUT2D eigenvalue weighted by Gasteiger charge is 2.41. The maximum absolute atomic E-state index is 10.6. The summed E-state index contributed by atoms with van der Waals surface area (Å²) < 4.78 is 5.70. The van der Waals surface area contributed by atoms with Crippen LogP contribution in [-0.2, 0) is 6.42 Å². The van der Waals surface area contributed by atoms with Crippen LogP contribution in [0.25, 0.3) is 0 Å². The first kappa shape index (κ1) is 13.6. The molecule has 102 valence electrons. The van der Waals surface area contributed by atoms with E-state index in [9.17, 15) is 5.11 Å². The first-order valence-electron chi connectivity index (χ1n) is 7.08. The zero-order chi connectivity index (χ0) is 13.2. The van der Waals surface area contributed by atoms with E-state index in [4.69, 9.17) is 10.2 Å². The van der Waals surface area contributed by atoms with Gasteiger partial charge in [-0.1, -0.05) is 26.7 Å². The number of furan rings is 1. The molecule has 1 fully saturated rings. The van der Waals surface area contributed by atoms with Crippen molar-refractivity contribution in [2.75, 3.05) is 6.54 Å². The molecule has 1 atom stereocenters. The largest absolute Gasteiger partial charge is 0.463 e. The fourth-order valence-corrected chi connectivity index (χ4v) is 2.96. The molecule has 0 aromatic carbocycles. The van der Waals surface area contributed by atoms with Crippen LogP contribution in [-0.4, -0.2) is 11.7 Å². The molecule has 0 amide bonds. The highest BCUT2D eigenvalue weighted by atomic mass is 16.4. The summed E-state index contributed by atoms with van der Waals surface area (Å²) in [5.74, 6) is 2.37. The monoisotopic (exact) mass is 251 g/mol. The van der Waals surface area contributed by atoms with Gasteiger partial charge < -0.3 is 15.3 Å². The molecular formula is C15H25NO2. The van der Waals surface area contributed by atoms with Gasteiger partial charge in [-0.3, -0.25) is 0 Å². The zero-order valence-electron chi connectivity index (χ0n) is 11.5. The summed E-state index contributed by atoms with van der Waals surface area (Å²) in [5, 5.41) is 10.6. The fourth-order valence-electron chi connectivity index (χ4n) is 2.96. The predicted molar refractivity (Wildman–Crippen MR) is 72.2 cm³/mol. The number of rotatable bonds is 4. The van der Waals surface area contributed by atoms with E-state index in [0.717, 1.165) is 43.8 Å². The molecule has 1 heterocycles. The Balaban J connectivity index is 2.16. The second-order valence-corrected chi connectivity index (χ2v) is 5.81. The van der Waals surface area contributed by atoms with E-state index in [1.165, 1.54) is 0 Å². The lowest BCUT2D eigenvalue weighted by Crippen LogP contribution is -2.39. The molecule has 1 aromatic heterocycles. The molecule has 0 saturated heterocycles. The van der Waals surface area contributed by atoms with E-state index >= 15 is 0 Å². The van der Waals surface area contributed by atoms with E-state index in [1.807, 2.05) is 12.1 Å². The van der Waals surface area contributed by atoms with Crippen LogP contribution < -0.4 is 5.73 Å². The van der Waals surface area contributed by atoms with Crippen molar-refractivity contribution < 1.29 is 9.52 Å². The van der Waals surface area contributed by atoms with Crippen LogP contribution in [0.1, 0.15) is 57.2 Å². The van der Waals surface area contributed by atoms with Crippen molar-refractivity contribution in [3.63, 3.8) is 0 Å². The molecule has 1 aliphatic rings. The average Bonchev–Trinajstić information content (AvgIpc) is 2.88. The van der Waals surface area contributed by atoms with Gasteiger partial charge in [0, 0.05) is 18.4 Å². The number of aliphatic hydroxyl groups excluding tert-OH is 1. The third-order valence-corrected chi connectivity index (χ3v) is 4.56. The predicted octanol–water partition coefficient (Wildman–Crippen LogP) is 3.03. The highest BCUT2D eigenvalue weighted by Crippen LogP contribution is 2.47. The third-order valence-electron chi connectivity index (χ3n) is 4.56. The van der Waals surface area contributed by atoms with Crippen LogP contribution in [0.5, 0.6) is 0 Å². The molecular weight excluding hydrogens is 226 g/mol. The van der Waals surface area contributed by atoms with Gasteiger partial charge in [0.15, 0.2) is 0 Å². The summed E-state index contributed by atoms with van der Waals surface area (Å²) in [6, 6.07) is 3.85. The molecule has 18 heavy (non-hydrogen) atoms. The Morgan fingerprint density at radius 2 is 2.11 bits per heavy atom. The van der Waals surface area contributed by atoms with Gasteiger partial charge in [-0.05, 0) is 30.9 Å². The lowest BCUT2D eigenvalue weighted by atomic mass is 9.67. The summed E-state index contributed by atoms with van der Waals surface area (Å²) in [4.78, 5) is 0. The van der Waals surface area contributed by atoms with Crippen molar-refractivity contribution in [3.8, 4) is 0 Å². The average molecular weight is 251 g/mol. The molecule has 0 bridgehead atoms. The van der Waals surface area contributed by atoms with Crippen molar-refractivity contribution in [1.29, 1.82) is 0 Å². The lowest BCUT2D eigenvalue weighted by molar-refractivity contribution is -0.0216. The topological polar surface area (TPSA) is 59.4 Å². The maximum atomic E-state index is 10.6. The van der Waals surface area contributed by atoms with Gasteiger partial charge >= 0.3 is 0 Å². The standard InChI is InChI=1S/C15H25NO2/c1-3-12-4-5-13(18-12)14(17)15(10-16)8-6-11(2)7-9-15/h4-5,11,14,17H,3,6-10,16H2,1-2H3. The Labute approximate surface area is 109 Å². The lowest BCUT2D eigenvalue weighted by Gasteiger charge is -2.41. The first-order chi connectivity index (χ1) is 8.61. The summed E-state index contributed by atoms with van der Waals surface area (Å²) in [5.41, 5.74) is 5.77. The van der Waals surface area contributed by atoms with Gasteiger partial charge in [-0.2, -0.15) is 0 Å². The normalized spacial score (nSPS) is 30.3. The molecule has 3 N–H and O–H groups in total. The number of hydrogen-bond acceptors (Lipinski definition) is 3. The van der Waals surface area contributed by atoms with Gasteiger partial charge in [-0.25, -0.2) is 0 Å². The molecule has 1 unspecified atom stereocenters. The molecule has 0 aliphatic heterocycles. The van der Waals surface area contributed by atoms with E-state index in [2.05, 4.69) is 13.8 Å². The van der Waals surface area contributed by atoms with Gasteiger partial charge in [0.2, 0.25) is 0 Å². The maximum Gasteiger partial charge on any atom is 0.133 e. The summed E-state index contributed by atoms with van der Waals surface area (Å²) >= 11 is 0. The number of aryl methyl sites for hydroxylation is 1.